The lowest BCUT2D eigenvalue weighted by atomic mass is 10.3. The van der Waals surface area contributed by atoms with Crippen LogP contribution in [0.5, 0.6) is 5.75 Å². The number of nitrogens with one attached hydrogen (secondary N) is 2. The van der Waals surface area contributed by atoms with Crippen molar-refractivity contribution in [1.82, 2.24) is 14.6 Å². The van der Waals surface area contributed by atoms with Crippen LogP contribution in [0.15, 0.2) is 27.8 Å². The molecule has 1 heterocycles. The van der Waals surface area contributed by atoms with Gasteiger partial charge in [0, 0.05) is 17.2 Å². The van der Waals surface area contributed by atoms with Crippen LogP contribution in [0.4, 0.5) is 20.7 Å². The topological polar surface area (TPSA) is 124 Å². The number of aliphatic hydroxyl groups excluding tert-OH is 1. The molecule has 0 aliphatic heterocycles. The Hall–Kier alpha value is -2.45. The molecule has 152 valence electrons. The van der Waals surface area contributed by atoms with Crippen molar-refractivity contribution in [2.45, 2.75) is 13.5 Å². The normalized spacial score (nSPS) is 10.6. The van der Waals surface area contributed by atoms with E-state index in [2.05, 4.69) is 10.2 Å². The molecule has 0 aliphatic rings. The highest BCUT2D eigenvalue weighted by atomic mass is 127. The summed E-state index contributed by atoms with van der Waals surface area (Å²) >= 11 is 1.94. The molecule has 0 bridgehead atoms. The summed E-state index contributed by atoms with van der Waals surface area (Å²) in [5, 5.41) is 11.3. The fourth-order valence-electron chi connectivity index (χ4n) is 2.24. The lowest BCUT2D eigenvalue weighted by molar-refractivity contribution is 0.0244. The first-order valence-electron chi connectivity index (χ1n) is 8.06. The van der Waals surface area contributed by atoms with E-state index in [0.29, 0.717) is 3.57 Å². The maximum atomic E-state index is 14.3. The Kier molecular flexibility index (Phi) is 7.53. The molecule has 28 heavy (non-hydrogen) atoms. The van der Waals surface area contributed by atoms with E-state index in [1.54, 1.807) is 13.0 Å². The van der Waals surface area contributed by atoms with E-state index in [-0.39, 0.29) is 31.3 Å². The van der Waals surface area contributed by atoms with Gasteiger partial charge in [-0.1, -0.05) is 0 Å². The summed E-state index contributed by atoms with van der Waals surface area (Å²) in [5.74, 6) is -1.33. The molecule has 0 radical (unpaired) electrons. The summed E-state index contributed by atoms with van der Waals surface area (Å²) < 4.78 is 21.8. The molecule has 0 unspecified atom stereocenters. The molecule has 0 saturated heterocycles. The number of anilines is 2. The number of aromatic nitrogens is 2. The van der Waals surface area contributed by atoms with Crippen molar-refractivity contribution in [3.63, 3.8) is 0 Å². The van der Waals surface area contributed by atoms with E-state index < -0.39 is 28.9 Å². The molecule has 3 N–H and O–H groups in total. The molecule has 1 amide bonds. The van der Waals surface area contributed by atoms with E-state index in [1.165, 1.54) is 19.2 Å². The SMILES string of the molecule is CCn1c(Nc2ccc(I)cc2F)c(OC(=O)NOCCO)c(=O)n(C)c1=O. The number of aliphatic hydroxyl groups is 1. The monoisotopic (exact) mass is 508 g/mol. The van der Waals surface area contributed by atoms with Crippen molar-refractivity contribution >= 4 is 40.2 Å². The predicted octanol–water partition coefficient (Wildman–Crippen LogP) is 1.07. The Bertz CT molecular complexity index is 990. The van der Waals surface area contributed by atoms with Gasteiger partial charge in [-0.3, -0.25) is 18.8 Å². The van der Waals surface area contributed by atoms with Crippen LogP contribution in [0.25, 0.3) is 0 Å². The molecule has 2 aromatic rings. The third-order valence-corrected chi connectivity index (χ3v) is 4.22. The molecule has 12 heteroatoms. The highest BCUT2D eigenvalue weighted by molar-refractivity contribution is 14.1. The Balaban J connectivity index is 2.53. The number of rotatable bonds is 7. The standard InChI is InChI=1S/C16H18FIN4O6/c1-3-22-13(19-11-5-4-9(18)8-10(11)17)12(14(24)21(2)16(22)26)28-15(25)20-27-7-6-23/h4-5,8,19,23H,3,6-7H2,1-2H3,(H,20,25). The van der Waals surface area contributed by atoms with Gasteiger partial charge in [-0.2, -0.15) is 5.48 Å². The molecule has 0 spiro atoms. The minimum absolute atomic E-state index is 0.0166. The Labute approximate surface area is 172 Å². The largest absolute Gasteiger partial charge is 0.437 e. The van der Waals surface area contributed by atoms with Crippen LogP contribution in [0.1, 0.15) is 6.92 Å². The molecule has 2 rings (SSSR count). The smallest absolute Gasteiger partial charge is 0.399 e. The van der Waals surface area contributed by atoms with E-state index >= 15 is 0 Å². The van der Waals surface area contributed by atoms with Crippen molar-refractivity contribution in [3.8, 4) is 5.75 Å². The minimum Gasteiger partial charge on any atom is -0.399 e. The number of amides is 1. The summed E-state index contributed by atoms with van der Waals surface area (Å²) in [7, 11) is 1.22. The van der Waals surface area contributed by atoms with Crippen LogP contribution in [0.2, 0.25) is 0 Å². The first-order chi connectivity index (χ1) is 13.3. The third-order valence-electron chi connectivity index (χ3n) is 3.55. The highest BCUT2D eigenvalue weighted by Crippen LogP contribution is 2.26. The predicted molar refractivity (Wildman–Crippen MR) is 106 cm³/mol. The fourth-order valence-corrected chi connectivity index (χ4v) is 2.69. The second-order valence-electron chi connectivity index (χ2n) is 5.38. The highest BCUT2D eigenvalue weighted by Gasteiger charge is 2.22. The summed E-state index contributed by atoms with van der Waals surface area (Å²) in [5.41, 5.74) is 0.287. The number of hydrogen-bond acceptors (Lipinski definition) is 7. The van der Waals surface area contributed by atoms with E-state index in [1.807, 2.05) is 28.1 Å². The van der Waals surface area contributed by atoms with Crippen molar-refractivity contribution < 1.29 is 23.9 Å². The van der Waals surface area contributed by atoms with E-state index in [9.17, 15) is 18.8 Å². The maximum absolute atomic E-state index is 14.3. The number of ether oxygens (including phenoxy) is 1. The van der Waals surface area contributed by atoms with Gasteiger partial charge in [-0.05, 0) is 47.7 Å². The lowest BCUT2D eigenvalue weighted by Crippen LogP contribution is -2.41. The zero-order valence-corrected chi connectivity index (χ0v) is 17.1. The molecule has 0 aliphatic carbocycles. The van der Waals surface area contributed by atoms with Gasteiger partial charge in [-0.25, -0.2) is 14.0 Å². The van der Waals surface area contributed by atoms with Crippen LogP contribution in [-0.4, -0.2) is 33.5 Å². The minimum atomic E-state index is -1.15. The molecule has 10 nitrogen and oxygen atoms in total. The Morgan fingerprint density at radius 1 is 1.36 bits per heavy atom. The number of nitrogens with zero attached hydrogens (tertiary/aromatic N) is 2. The summed E-state index contributed by atoms with van der Waals surface area (Å²) in [6.45, 7) is 1.21. The second-order valence-corrected chi connectivity index (χ2v) is 6.63. The van der Waals surface area contributed by atoms with Crippen LogP contribution in [0.3, 0.4) is 0 Å². The molecular weight excluding hydrogens is 490 g/mol. The lowest BCUT2D eigenvalue weighted by Gasteiger charge is -2.18. The quantitative estimate of drug-likeness (QED) is 0.291. The maximum Gasteiger partial charge on any atom is 0.437 e. The van der Waals surface area contributed by atoms with Gasteiger partial charge >= 0.3 is 17.3 Å². The van der Waals surface area contributed by atoms with Gasteiger partial charge in [0.15, 0.2) is 5.82 Å². The van der Waals surface area contributed by atoms with Crippen molar-refractivity contribution in [1.29, 1.82) is 0 Å². The summed E-state index contributed by atoms with van der Waals surface area (Å²) in [6.07, 6.45) is -1.15. The average Bonchev–Trinajstić information content (AvgIpc) is 2.65. The van der Waals surface area contributed by atoms with E-state index in [0.717, 1.165) is 9.13 Å². The van der Waals surface area contributed by atoms with Crippen LogP contribution in [0, 0.1) is 9.39 Å². The Morgan fingerprint density at radius 2 is 2.07 bits per heavy atom. The number of hydroxylamine groups is 1. The van der Waals surface area contributed by atoms with Crippen molar-refractivity contribution in [3.05, 3.63) is 48.4 Å². The fraction of sp³-hybridized carbons (Fsp3) is 0.312. The van der Waals surface area contributed by atoms with Crippen LogP contribution < -0.4 is 26.8 Å². The number of carbonyl (C=O) groups excluding carboxylic acids is 1. The van der Waals surface area contributed by atoms with Gasteiger partial charge in [0.1, 0.15) is 5.82 Å². The van der Waals surface area contributed by atoms with Crippen LogP contribution in [-0.2, 0) is 18.4 Å². The molecule has 0 fully saturated rings. The summed E-state index contributed by atoms with van der Waals surface area (Å²) in [4.78, 5) is 41.4. The number of carbonyl (C=O) groups is 1. The van der Waals surface area contributed by atoms with Crippen molar-refractivity contribution in [2.24, 2.45) is 7.05 Å². The molecule has 0 atom stereocenters. The van der Waals surface area contributed by atoms with Gasteiger partial charge in [0.25, 0.3) is 0 Å². The first kappa shape index (κ1) is 21.8. The average molecular weight is 508 g/mol. The van der Waals surface area contributed by atoms with Gasteiger partial charge in [0.2, 0.25) is 5.75 Å². The van der Waals surface area contributed by atoms with Crippen LogP contribution >= 0.6 is 22.6 Å². The summed E-state index contributed by atoms with van der Waals surface area (Å²) in [6, 6.07) is 4.30. The van der Waals surface area contributed by atoms with Gasteiger partial charge < -0.3 is 15.2 Å². The molecule has 1 aromatic carbocycles. The molecule has 1 aromatic heterocycles. The zero-order valence-electron chi connectivity index (χ0n) is 15.0. The molecule has 0 saturated carbocycles. The van der Waals surface area contributed by atoms with E-state index in [4.69, 9.17) is 9.84 Å². The zero-order chi connectivity index (χ0) is 20.8. The van der Waals surface area contributed by atoms with Crippen molar-refractivity contribution in [2.75, 3.05) is 18.5 Å². The first-order valence-corrected chi connectivity index (χ1v) is 9.14. The number of benzene rings is 1. The number of halogens is 2. The second kappa shape index (κ2) is 9.66. The van der Waals surface area contributed by atoms with Gasteiger partial charge in [-0.15, -0.1) is 0 Å². The number of hydrogen-bond donors (Lipinski definition) is 3. The molecular formula is C16H18FIN4O6. The third kappa shape index (κ3) is 4.88. The van der Waals surface area contributed by atoms with Gasteiger partial charge in [0.05, 0.1) is 18.9 Å². The Morgan fingerprint density at radius 3 is 2.68 bits per heavy atom.